The molecule has 0 saturated heterocycles. The van der Waals surface area contributed by atoms with Gasteiger partial charge in [-0.2, -0.15) is 0 Å². The Balaban J connectivity index is 1.52. The van der Waals surface area contributed by atoms with Crippen LogP contribution < -0.4 is 5.32 Å². The summed E-state index contributed by atoms with van der Waals surface area (Å²) >= 11 is 0. The van der Waals surface area contributed by atoms with Crippen LogP contribution in [0.15, 0.2) is 24.5 Å². The van der Waals surface area contributed by atoms with Crippen LogP contribution >= 0.6 is 0 Å². The van der Waals surface area contributed by atoms with Crippen molar-refractivity contribution in [3.05, 3.63) is 35.8 Å². The number of carbonyl (C=O) groups excluding carboxylic acids is 1. The summed E-state index contributed by atoms with van der Waals surface area (Å²) in [6.45, 7) is 2.94. The summed E-state index contributed by atoms with van der Waals surface area (Å²) in [5.74, 6) is 3.47. The van der Waals surface area contributed by atoms with Gasteiger partial charge in [-0.3, -0.25) is 9.78 Å². The van der Waals surface area contributed by atoms with Gasteiger partial charge >= 0.3 is 0 Å². The van der Waals surface area contributed by atoms with Crippen LogP contribution in [0.5, 0.6) is 0 Å². The number of fused-ring (bicyclic) bond motifs is 3. The second kappa shape index (κ2) is 6.59. The Morgan fingerprint density at radius 2 is 2.04 bits per heavy atom. The maximum Gasteiger partial charge on any atom is 0.219 e. The third-order valence-electron chi connectivity index (χ3n) is 6.51. The number of anilines is 1. The molecule has 0 aromatic carbocycles. The Morgan fingerprint density at radius 3 is 2.74 bits per heavy atom. The van der Waals surface area contributed by atoms with E-state index in [1.54, 1.807) is 19.3 Å². The third-order valence-corrected chi connectivity index (χ3v) is 6.51. The highest BCUT2D eigenvalue weighted by Gasteiger charge is 2.40. The molecule has 0 spiro atoms. The molecule has 0 unspecified atom stereocenters. The molecule has 3 heterocycles. The quantitative estimate of drug-likeness (QED) is 0.907. The minimum atomic E-state index is 0.104. The number of aromatic nitrogens is 3. The van der Waals surface area contributed by atoms with Crippen molar-refractivity contribution < 1.29 is 4.79 Å². The van der Waals surface area contributed by atoms with E-state index in [2.05, 4.69) is 10.3 Å². The van der Waals surface area contributed by atoms with Crippen molar-refractivity contribution >= 4 is 11.7 Å². The number of nitrogens with zero attached hydrogens (tertiary/aromatic N) is 4. The first-order valence-corrected chi connectivity index (χ1v) is 9.99. The average Bonchev–Trinajstić information content (AvgIpc) is 3.31. The van der Waals surface area contributed by atoms with Gasteiger partial charge in [0, 0.05) is 43.0 Å². The molecule has 6 heteroatoms. The fraction of sp³-hybridized carbons (Fsp3) is 0.524. The van der Waals surface area contributed by atoms with E-state index >= 15 is 0 Å². The minimum Gasteiger partial charge on any atom is -0.367 e. The predicted octanol–water partition coefficient (Wildman–Crippen LogP) is 3.04. The molecular formula is C21H25N5O. The van der Waals surface area contributed by atoms with Crippen LogP contribution in [0.2, 0.25) is 0 Å². The number of nitrogens with one attached hydrogen (secondary N) is 1. The smallest absolute Gasteiger partial charge is 0.219 e. The van der Waals surface area contributed by atoms with Crippen molar-refractivity contribution in [1.29, 1.82) is 0 Å². The fourth-order valence-corrected chi connectivity index (χ4v) is 5.05. The lowest BCUT2D eigenvalue weighted by molar-refractivity contribution is -0.129. The average molecular weight is 363 g/mol. The zero-order valence-electron chi connectivity index (χ0n) is 15.7. The molecular weight excluding hydrogens is 338 g/mol. The molecule has 1 N–H and O–H groups in total. The number of hydrogen-bond donors (Lipinski definition) is 1. The summed E-state index contributed by atoms with van der Waals surface area (Å²) in [7, 11) is 0. The number of pyridine rings is 1. The summed E-state index contributed by atoms with van der Waals surface area (Å²) in [5.41, 5.74) is 3.13. The van der Waals surface area contributed by atoms with Gasteiger partial charge in [-0.1, -0.05) is 6.42 Å². The van der Waals surface area contributed by atoms with Crippen molar-refractivity contribution in [3.63, 3.8) is 0 Å². The molecule has 2 aliphatic carbocycles. The summed E-state index contributed by atoms with van der Waals surface area (Å²) in [6, 6.07) is 4.40. The highest BCUT2D eigenvalue weighted by atomic mass is 16.2. The lowest BCUT2D eigenvalue weighted by Crippen LogP contribution is -2.36. The van der Waals surface area contributed by atoms with Crippen molar-refractivity contribution in [1.82, 2.24) is 19.9 Å². The zero-order chi connectivity index (χ0) is 18.4. The Kier molecular flexibility index (Phi) is 4.06. The fourth-order valence-electron chi connectivity index (χ4n) is 5.05. The van der Waals surface area contributed by atoms with Crippen molar-refractivity contribution in [2.24, 2.45) is 11.8 Å². The van der Waals surface area contributed by atoms with Crippen LogP contribution in [-0.2, 0) is 17.8 Å². The molecule has 2 bridgehead atoms. The standard InChI is InChI=1S/C21H25N5O/c1-13(27)26-9-6-17-19(12-26)24-20(15-4-7-22-8-5-15)25-21(17)23-18-11-14-2-3-16(18)10-14/h4-5,7-8,14,16,18H,2-3,6,9-12H2,1H3,(H,23,24,25)/t14-,16+,18+/m0/s1. The van der Waals surface area contributed by atoms with Crippen LogP contribution in [0, 0.1) is 11.8 Å². The van der Waals surface area contributed by atoms with Gasteiger partial charge in [0.1, 0.15) is 5.82 Å². The Labute approximate surface area is 159 Å². The van der Waals surface area contributed by atoms with E-state index in [1.807, 2.05) is 17.0 Å². The first kappa shape index (κ1) is 16.7. The molecule has 3 aliphatic rings. The molecule has 2 fully saturated rings. The highest BCUT2D eigenvalue weighted by Crippen LogP contribution is 2.45. The Hall–Kier alpha value is -2.50. The first-order valence-electron chi connectivity index (χ1n) is 9.99. The van der Waals surface area contributed by atoms with Crippen molar-refractivity contribution in [2.75, 3.05) is 11.9 Å². The van der Waals surface area contributed by atoms with E-state index in [4.69, 9.17) is 9.97 Å². The topological polar surface area (TPSA) is 71.0 Å². The molecule has 140 valence electrons. The van der Waals surface area contributed by atoms with Crippen LogP contribution in [0.25, 0.3) is 11.4 Å². The maximum atomic E-state index is 11.9. The monoisotopic (exact) mass is 363 g/mol. The second-order valence-electron chi connectivity index (χ2n) is 8.17. The number of hydrogen-bond acceptors (Lipinski definition) is 5. The van der Waals surface area contributed by atoms with E-state index in [1.165, 1.54) is 31.2 Å². The molecule has 2 saturated carbocycles. The number of amides is 1. The normalized spacial score (nSPS) is 26.1. The molecule has 6 nitrogen and oxygen atoms in total. The zero-order valence-corrected chi connectivity index (χ0v) is 15.7. The van der Waals surface area contributed by atoms with Gasteiger partial charge in [0.25, 0.3) is 0 Å². The molecule has 1 aliphatic heterocycles. The second-order valence-corrected chi connectivity index (χ2v) is 8.17. The maximum absolute atomic E-state index is 11.9. The highest BCUT2D eigenvalue weighted by molar-refractivity contribution is 5.74. The molecule has 5 rings (SSSR count). The van der Waals surface area contributed by atoms with Gasteiger partial charge in [-0.05, 0) is 49.7 Å². The Morgan fingerprint density at radius 1 is 1.19 bits per heavy atom. The third kappa shape index (κ3) is 3.07. The van der Waals surface area contributed by atoms with E-state index in [0.29, 0.717) is 18.4 Å². The molecule has 2 aromatic rings. The Bertz CT molecular complexity index is 868. The minimum absolute atomic E-state index is 0.104. The molecule has 27 heavy (non-hydrogen) atoms. The first-order chi connectivity index (χ1) is 13.2. The van der Waals surface area contributed by atoms with Crippen LogP contribution in [0.3, 0.4) is 0 Å². The predicted molar refractivity (Wildman–Crippen MR) is 103 cm³/mol. The van der Waals surface area contributed by atoms with Crippen LogP contribution in [-0.4, -0.2) is 38.3 Å². The van der Waals surface area contributed by atoms with Gasteiger partial charge in [0.2, 0.25) is 5.91 Å². The number of rotatable bonds is 3. The van der Waals surface area contributed by atoms with Gasteiger partial charge in [0.15, 0.2) is 5.82 Å². The number of carbonyl (C=O) groups is 1. The lowest BCUT2D eigenvalue weighted by Gasteiger charge is -2.30. The van der Waals surface area contributed by atoms with Crippen molar-refractivity contribution in [2.45, 2.75) is 51.6 Å². The largest absolute Gasteiger partial charge is 0.367 e. The van der Waals surface area contributed by atoms with E-state index < -0.39 is 0 Å². The molecule has 0 radical (unpaired) electrons. The summed E-state index contributed by atoms with van der Waals surface area (Å²) < 4.78 is 0. The van der Waals surface area contributed by atoms with Gasteiger partial charge in [-0.25, -0.2) is 9.97 Å². The molecule has 1 amide bonds. The van der Waals surface area contributed by atoms with Gasteiger partial charge in [-0.15, -0.1) is 0 Å². The van der Waals surface area contributed by atoms with Gasteiger partial charge < -0.3 is 10.2 Å². The van der Waals surface area contributed by atoms with E-state index in [-0.39, 0.29) is 5.91 Å². The molecule has 3 atom stereocenters. The van der Waals surface area contributed by atoms with Gasteiger partial charge in [0.05, 0.1) is 12.2 Å². The van der Waals surface area contributed by atoms with Crippen molar-refractivity contribution in [3.8, 4) is 11.4 Å². The van der Waals surface area contributed by atoms with Crippen LogP contribution in [0.1, 0.15) is 43.9 Å². The summed E-state index contributed by atoms with van der Waals surface area (Å²) in [6.07, 6.45) is 9.69. The van der Waals surface area contributed by atoms with E-state index in [0.717, 1.165) is 41.9 Å². The van der Waals surface area contributed by atoms with Crippen LogP contribution in [0.4, 0.5) is 5.82 Å². The lowest BCUT2D eigenvalue weighted by atomic mass is 9.95. The molecule has 2 aromatic heterocycles. The summed E-state index contributed by atoms with van der Waals surface area (Å²) in [4.78, 5) is 27.6. The summed E-state index contributed by atoms with van der Waals surface area (Å²) in [5, 5.41) is 3.78. The van der Waals surface area contributed by atoms with E-state index in [9.17, 15) is 4.79 Å². The SMILES string of the molecule is CC(=O)N1CCc2c(nc(-c3ccncc3)nc2N[C@@H]2C[C@H]3CC[C@@H]2C3)C1.